The Kier molecular flexibility index (Phi) is 5.45. The highest BCUT2D eigenvalue weighted by Crippen LogP contribution is 2.37. The second-order valence-corrected chi connectivity index (χ2v) is 10.3. The fourth-order valence-corrected chi connectivity index (χ4v) is 5.78. The van der Waals surface area contributed by atoms with Gasteiger partial charge in [0.05, 0.1) is 21.6 Å². The molecule has 4 aromatic rings. The van der Waals surface area contributed by atoms with Gasteiger partial charge in [-0.15, -0.1) is 0 Å². The Morgan fingerprint density at radius 3 is 2.13 bits per heavy atom. The molecule has 0 amide bonds. The average molecular weight is 454 g/mol. The van der Waals surface area contributed by atoms with E-state index in [9.17, 15) is 13.2 Å². The van der Waals surface area contributed by atoms with Crippen molar-refractivity contribution in [3.63, 3.8) is 0 Å². The maximum absolute atomic E-state index is 13.2. The van der Waals surface area contributed by atoms with E-state index >= 15 is 0 Å². The summed E-state index contributed by atoms with van der Waals surface area (Å²) in [5.41, 5.74) is 3.47. The number of nitrogens with one attached hydrogen (secondary N) is 1. The zero-order chi connectivity index (χ0) is 22.3. The number of rotatable bonds is 5. The molecule has 0 saturated carbocycles. The smallest absolute Gasteiger partial charge is 0.295 e. The SMILES string of the molecule is Cc1ccc(Sc2cc3c(cc2NS(=O)(=O)c2ccccc2C)n(C)c(=O)n3C)cc1. The predicted molar refractivity (Wildman–Crippen MR) is 125 cm³/mol. The van der Waals surface area contributed by atoms with Crippen molar-refractivity contribution in [2.24, 2.45) is 14.1 Å². The minimum Gasteiger partial charge on any atom is -0.295 e. The Hall–Kier alpha value is -2.97. The summed E-state index contributed by atoms with van der Waals surface area (Å²) in [6, 6.07) is 18.4. The monoisotopic (exact) mass is 453 g/mol. The number of aromatic nitrogens is 2. The fraction of sp³-hybridized carbons (Fsp3) is 0.174. The van der Waals surface area contributed by atoms with E-state index in [0.29, 0.717) is 16.8 Å². The molecule has 0 aliphatic heterocycles. The van der Waals surface area contributed by atoms with Gasteiger partial charge in [0.15, 0.2) is 0 Å². The molecule has 0 fully saturated rings. The fourth-order valence-electron chi connectivity index (χ4n) is 3.48. The number of hydrogen-bond acceptors (Lipinski definition) is 4. The van der Waals surface area contributed by atoms with Crippen LogP contribution in [0.1, 0.15) is 11.1 Å². The lowest BCUT2D eigenvalue weighted by Gasteiger charge is -2.15. The highest BCUT2D eigenvalue weighted by atomic mass is 32.2. The van der Waals surface area contributed by atoms with Crippen LogP contribution in [0.5, 0.6) is 0 Å². The van der Waals surface area contributed by atoms with Gasteiger partial charge in [0.2, 0.25) is 0 Å². The maximum atomic E-state index is 13.2. The molecule has 8 heteroatoms. The first-order chi connectivity index (χ1) is 14.7. The molecule has 0 unspecified atom stereocenters. The van der Waals surface area contributed by atoms with Gasteiger partial charge >= 0.3 is 5.69 Å². The lowest BCUT2D eigenvalue weighted by molar-refractivity contribution is 0.600. The van der Waals surface area contributed by atoms with E-state index in [4.69, 9.17) is 0 Å². The normalized spacial score (nSPS) is 11.7. The zero-order valence-corrected chi connectivity index (χ0v) is 19.3. The molecule has 1 aromatic heterocycles. The second kappa shape index (κ2) is 7.94. The van der Waals surface area contributed by atoms with Crippen LogP contribution in [-0.2, 0) is 24.1 Å². The third kappa shape index (κ3) is 4.00. The first kappa shape index (κ1) is 21.3. The average Bonchev–Trinajstić information content (AvgIpc) is 2.93. The molecule has 4 rings (SSSR count). The Balaban J connectivity index is 1.87. The number of fused-ring (bicyclic) bond motifs is 1. The van der Waals surface area contributed by atoms with Gasteiger partial charge in [-0.25, -0.2) is 13.2 Å². The van der Waals surface area contributed by atoms with Crippen LogP contribution in [0.25, 0.3) is 11.0 Å². The van der Waals surface area contributed by atoms with Crippen LogP contribution in [0.2, 0.25) is 0 Å². The van der Waals surface area contributed by atoms with Crippen LogP contribution < -0.4 is 10.4 Å². The Labute approximate surface area is 185 Å². The van der Waals surface area contributed by atoms with E-state index in [1.54, 1.807) is 55.9 Å². The zero-order valence-electron chi connectivity index (χ0n) is 17.7. The van der Waals surface area contributed by atoms with Crippen molar-refractivity contribution < 1.29 is 8.42 Å². The summed E-state index contributed by atoms with van der Waals surface area (Å²) in [6.45, 7) is 3.78. The van der Waals surface area contributed by atoms with Crippen molar-refractivity contribution in [1.82, 2.24) is 9.13 Å². The summed E-state index contributed by atoms with van der Waals surface area (Å²) in [5.74, 6) is 0. The van der Waals surface area contributed by atoms with E-state index in [-0.39, 0.29) is 10.6 Å². The lowest BCUT2D eigenvalue weighted by Crippen LogP contribution is -2.19. The molecule has 0 atom stereocenters. The van der Waals surface area contributed by atoms with Gasteiger partial charge in [-0.1, -0.05) is 47.7 Å². The van der Waals surface area contributed by atoms with E-state index < -0.39 is 10.0 Å². The quantitative estimate of drug-likeness (QED) is 0.485. The van der Waals surface area contributed by atoms with Crippen LogP contribution in [0.3, 0.4) is 0 Å². The van der Waals surface area contributed by atoms with Crippen LogP contribution in [0, 0.1) is 13.8 Å². The molecular weight excluding hydrogens is 430 g/mol. The van der Waals surface area contributed by atoms with E-state index in [0.717, 1.165) is 20.9 Å². The van der Waals surface area contributed by atoms with Gasteiger partial charge in [-0.05, 0) is 49.7 Å². The van der Waals surface area contributed by atoms with Crippen molar-refractivity contribution >= 4 is 38.5 Å². The third-order valence-electron chi connectivity index (χ3n) is 5.25. The number of sulfonamides is 1. The molecule has 1 N–H and O–H groups in total. The summed E-state index contributed by atoms with van der Waals surface area (Å²) in [6.07, 6.45) is 0. The summed E-state index contributed by atoms with van der Waals surface area (Å²) >= 11 is 1.45. The van der Waals surface area contributed by atoms with Crippen LogP contribution >= 0.6 is 11.8 Å². The minimum atomic E-state index is -3.81. The molecule has 31 heavy (non-hydrogen) atoms. The lowest BCUT2D eigenvalue weighted by atomic mass is 10.2. The molecule has 160 valence electrons. The molecule has 0 aliphatic carbocycles. The summed E-state index contributed by atoms with van der Waals surface area (Å²) < 4.78 is 32.2. The standard InChI is InChI=1S/C23H23N3O3S2/c1-15-9-11-17(12-10-15)30-21-14-20-19(25(3)23(27)26(20)4)13-18(21)24-31(28,29)22-8-6-5-7-16(22)2/h5-14,24H,1-4H3. The number of nitrogens with zero attached hydrogens (tertiary/aromatic N) is 2. The van der Waals surface area contributed by atoms with Gasteiger partial charge in [0.1, 0.15) is 0 Å². The molecule has 0 aliphatic rings. The van der Waals surface area contributed by atoms with Gasteiger partial charge < -0.3 is 0 Å². The van der Waals surface area contributed by atoms with Gasteiger partial charge in [0, 0.05) is 23.9 Å². The maximum Gasteiger partial charge on any atom is 0.328 e. The third-order valence-corrected chi connectivity index (χ3v) is 7.84. The molecule has 3 aromatic carbocycles. The molecule has 1 heterocycles. The summed E-state index contributed by atoms with van der Waals surface area (Å²) in [5, 5.41) is 0. The summed E-state index contributed by atoms with van der Waals surface area (Å²) in [7, 11) is -0.420. The second-order valence-electron chi connectivity index (χ2n) is 7.52. The minimum absolute atomic E-state index is 0.166. The largest absolute Gasteiger partial charge is 0.328 e. The first-order valence-electron chi connectivity index (χ1n) is 9.70. The summed E-state index contributed by atoms with van der Waals surface area (Å²) in [4.78, 5) is 14.4. The van der Waals surface area contributed by atoms with Crippen LogP contribution in [0.15, 0.2) is 80.1 Å². The van der Waals surface area contributed by atoms with Crippen molar-refractivity contribution in [1.29, 1.82) is 0 Å². The number of hydrogen-bond donors (Lipinski definition) is 1. The molecule has 0 radical (unpaired) electrons. The predicted octanol–water partition coefficient (Wildman–Crippen LogP) is 4.45. The number of imidazole rings is 1. The number of anilines is 1. The molecule has 0 spiro atoms. The van der Waals surface area contributed by atoms with Crippen LogP contribution in [0.4, 0.5) is 5.69 Å². The van der Waals surface area contributed by atoms with Crippen molar-refractivity contribution in [3.8, 4) is 0 Å². The molecule has 0 bridgehead atoms. The topological polar surface area (TPSA) is 73.1 Å². The van der Waals surface area contributed by atoms with Gasteiger partial charge in [-0.3, -0.25) is 13.9 Å². The molecule has 0 saturated heterocycles. The number of benzene rings is 3. The van der Waals surface area contributed by atoms with Crippen molar-refractivity contribution in [3.05, 3.63) is 82.3 Å². The Morgan fingerprint density at radius 2 is 1.48 bits per heavy atom. The van der Waals surface area contributed by atoms with E-state index in [1.165, 1.54) is 16.3 Å². The van der Waals surface area contributed by atoms with Crippen molar-refractivity contribution in [2.45, 2.75) is 28.5 Å². The van der Waals surface area contributed by atoms with Gasteiger partial charge in [0.25, 0.3) is 10.0 Å². The Bertz CT molecular complexity index is 1450. The van der Waals surface area contributed by atoms with Gasteiger partial charge in [-0.2, -0.15) is 0 Å². The van der Waals surface area contributed by atoms with E-state index in [2.05, 4.69) is 4.72 Å². The van der Waals surface area contributed by atoms with Crippen molar-refractivity contribution in [2.75, 3.05) is 4.72 Å². The highest BCUT2D eigenvalue weighted by molar-refractivity contribution is 7.99. The van der Waals surface area contributed by atoms with Crippen LogP contribution in [-0.4, -0.2) is 17.6 Å². The Morgan fingerprint density at radius 1 is 0.871 bits per heavy atom. The molecular formula is C23H23N3O3S2. The highest BCUT2D eigenvalue weighted by Gasteiger charge is 2.20. The molecule has 6 nitrogen and oxygen atoms in total. The number of aryl methyl sites for hydroxylation is 4. The van der Waals surface area contributed by atoms with E-state index in [1.807, 2.05) is 37.3 Å². The first-order valence-corrected chi connectivity index (χ1v) is 12.0.